The fraction of sp³-hybridized carbons (Fsp3) is 0.267. The van der Waals surface area contributed by atoms with E-state index in [0.717, 1.165) is 11.1 Å². The van der Waals surface area contributed by atoms with Crippen LogP contribution in [0, 0.1) is 5.39 Å². The van der Waals surface area contributed by atoms with Gasteiger partial charge in [0.25, 0.3) is 11.8 Å². The van der Waals surface area contributed by atoms with Crippen molar-refractivity contribution in [2.45, 2.75) is 25.9 Å². The molecule has 1 aromatic carbocycles. The molecule has 0 aliphatic carbocycles. The number of nitrogens with one attached hydrogen (secondary N) is 1. The maximum atomic E-state index is 12.3. The number of rotatable bonds is 4. The van der Waals surface area contributed by atoms with Crippen molar-refractivity contribution < 1.29 is 19.5 Å². The average molecular weight is 315 g/mol. The predicted molar refractivity (Wildman–Crippen MR) is 79.8 cm³/mol. The van der Waals surface area contributed by atoms with Gasteiger partial charge in [0, 0.05) is 0 Å². The molecule has 1 aromatic rings. The fourth-order valence-corrected chi connectivity index (χ4v) is 2.26. The van der Waals surface area contributed by atoms with Crippen molar-refractivity contribution in [3.63, 3.8) is 0 Å². The number of aliphatic hydroxyl groups excluding tert-OH is 1. The summed E-state index contributed by atoms with van der Waals surface area (Å²) in [4.78, 5) is 40.3. The highest BCUT2D eigenvalue weighted by Crippen LogP contribution is 2.24. The largest absolute Gasteiger partial charge is 0.504 e. The van der Waals surface area contributed by atoms with Crippen LogP contribution < -0.4 is 5.32 Å². The molecule has 0 aromatic heterocycles. The normalized spacial score (nSPS) is 16.6. The second-order valence-electron chi connectivity index (χ2n) is 5.10. The van der Waals surface area contributed by atoms with E-state index < -0.39 is 29.8 Å². The zero-order valence-electron chi connectivity index (χ0n) is 12.6. The van der Waals surface area contributed by atoms with Crippen molar-refractivity contribution in [3.05, 3.63) is 52.3 Å². The van der Waals surface area contributed by atoms with Crippen molar-refractivity contribution >= 4 is 17.7 Å². The Morgan fingerprint density at radius 1 is 1.26 bits per heavy atom. The molecule has 2 N–H and O–H groups in total. The second-order valence-corrected chi connectivity index (χ2v) is 5.10. The minimum Gasteiger partial charge on any atom is -0.504 e. The first kappa shape index (κ1) is 16.2. The maximum absolute atomic E-state index is 12.3. The van der Waals surface area contributed by atoms with E-state index in [4.69, 9.17) is 5.39 Å². The van der Waals surface area contributed by atoms with Gasteiger partial charge in [-0.3, -0.25) is 19.3 Å². The Labute approximate surface area is 132 Å². The molecule has 2 rings (SSSR count). The Morgan fingerprint density at radius 3 is 2.26 bits per heavy atom. The number of carbonyl (C=O) groups is 3. The van der Waals surface area contributed by atoms with Crippen LogP contribution in [0.25, 0.3) is 4.98 Å². The van der Waals surface area contributed by atoms with Crippen LogP contribution in [-0.2, 0) is 4.79 Å². The molecule has 0 saturated heterocycles. The van der Waals surface area contributed by atoms with Crippen molar-refractivity contribution in [1.29, 1.82) is 5.39 Å². The number of carbonyl (C=O) groups excluding carboxylic acids is 3. The zero-order valence-corrected chi connectivity index (χ0v) is 12.6. The summed E-state index contributed by atoms with van der Waals surface area (Å²) in [7, 11) is 0. The van der Waals surface area contributed by atoms with Gasteiger partial charge in [0.15, 0.2) is 4.98 Å². The van der Waals surface area contributed by atoms with Crippen LogP contribution >= 0.6 is 0 Å². The van der Waals surface area contributed by atoms with Gasteiger partial charge in [-0.05, 0) is 26.0 Å². The van der Waals surface area contributed by atoms with Crippen LogP contribution in [0.15, 0.2) is 36.2 Å². The highest BCUT2D eigenvalue weighted by molar-refractivity contribution is 6.22. The van der Waals surface area contributed by atoms with Gasteiger partial charge in [0.05, 0.1) is 17.2 Å². The van der Waals surface area contributed by atoms with Gasteiger partial charge >= 0.3 is 6.20 Å². The molecule has 8 nitrogen and oxygen atoms in total. The molecule has 0 bridgehead atoms. The molecule has 2 atom stereocenters. The van der Waals surface area contributed by atoms with Crippen LogP contribution in [0.4, 0.5) is 0 Å². The van der Waals surface area contributed by atoms with Crippen molar-refractivity contribution in [2.75, 3.05) is 0 Å². The molecule has 1 aliphatic rings. The third-order valence-electron chi connectivity index (χ3n) is 3.58. The number of hydrogen-bond acceptors (Lipinski definition) is 5. The molecule has 0 saturated carbocycles. The summed E-state index contributed by atoms with van der Waals surface area (Å²) in [5, 5.41) is 20.3. The third kappa shape index (κ3) is 2.89. The standard InChI is InChI=1S/C15H14N4O4/c1-8(12(20)7-17-16)18-13(21)9(2)19-14(22)10-5-3-4-6-11(10)15(19)23/h3-9H,1-2H3,(H-,18,20,21)/p+1/t8-,9-/m1/s1. The zero-order chi connectivity index (χ0) is 17.1. The third-order valence-corrected chi connectivity index (χ3v) is 3.58. The monoisotopic (exact) mass is 315 g/mol. The number of fused-ring (bicyclic) bond motifs is 1. The summed E-state index contributed by atoms with van der Waals surface area (Å²) in [6, 6.07) is 4.45. The molecule has 1 aliphatic heterocycles. The van der Waals surface area contributed by atoms with E-state index in [1.54, 1.807) is 12.1 Å². The van der Waals surface area contributed by atoms with Crippen LogP contribution in [-0.4, -0.2) is 39.8 Å². The Hall–Kier alpha value is -3.21. The second kappa shape index (κ2) is 6.27. The smallest absolute Gasteiger partial charge is 0.389 e. The summed E-state index contributed by atoms with van der Waals surface area (Å²) in [5.41, 5.74) is 0.513. The first-order chi connectivity index (χ1) is 10.9. The van der Waals surface area contributed by atoms with Crippen LogP contribution in [0.5, 0.6) is 0 Å². The van der Waals surface area contributed by atoms with E-state index in [1.165, 1.54) is 26.0 Å². The fourth-order valence-electron chi connectivity index (χ4n) is 2.26. The van der Waals surface area contributed by atoms with E-state index in [0.29, 0.717) is 0 Å². The average Bonchev–Trinajstić information content (AvgIpc) is 2.78. The predicted octanol–water partition coefficient (Wildman–Crippen LogP) is 1.43. The quantitative estimate of drug-likeness (QED) is 0.495. The van der Waals surface area contributed by atoms with Gasteiger partial charge in [-0.25, -0.2) is 0 Å². The van der Waals surface area contributed by atoms with Crippen molar-refractivity contribution in [1.82, 2.24) is 10.2 Å². The molecule has 0 fully saturated rings. The lowest BCUT2D eigenvalue weighted by molar-refractivity contribution is -0.125. The minimum absolute atomic E-state index is 0.257. The van der Waals surface area contributed by atoms with Crippen LogP contribution in [0.2, 0.25) is 0 Å². The summed E-state index contributed by atoms with van der Waals surface area (Å²) in [6.45, 7) is 2.88. The Kier molecular flexibility index (Phi) is 4.41. The molecule has 23 heavy (non-hydrogen) atoms. The number of aliphatic hydroxyl groups is 1. The summed E-state index contributed by atoms with van der Waals surface area (Å²) in [5.74, 6) is -2.06. The highest BCUT2D eigenvalue weighted by atomic mass is 16.3. The lowest BCUT2D eigenvalue weighted by Gasteiger charge is -2.23. The topological polar surface area (TPSA) is 115 Å². The van der Waals surface area contributed by atoms with Gasteiger partial charge in [0.2, 0.25) is 17.1 Å². The lowest BCUT2D eigenvalue weighted by atomic mass is 10.1. The number of amides is 3. The molecular formula is C15H15N4O4+. The number of benzene rings is 1. The van der Waals surface area contributed by atoms with E-state index in [1.807, 2.05) is 0 Å². The molecular weight excluding hydrogens is 300 g/mol. The van der Waals surface area contributed by atoms with Gasteiger partial charge < -0.3 is 10.4 Å². The van der Waals surface area contributed by atoms with E-state index in [-0.39, 0.29) is 16.9 Å². The number of diazo groups is 1. The van der Waals surface area contributed by atoms with E-state index >= 15 is 0 Å². The maximum Gasteiger partial charge on any atom is 0.389 e. The SMILES string of the molecule is C[C@H](C(=O)N[C@H](C)C(O)=C[N+]#N)N1C(=O)c2ccccc2C1=O. The molecule has 0 radical (unpaired) electrons. The molecule has 118 valence electrons. The number of imide groups is 1. The Bertz CT molecular complexity index is 715. The Morgan fingerprint density at radius 2 is 1.78 bits per heavy atom. The van der Waals surface area contributed by atoms with E-state index in [9.17, 15) is 19.5 Å². The molecule has 1 heterocycles. The van der Waals surface area contributed by atoms with Gasteiger partial charge in [0.1, 0.15) is 6.04 Å². The molecule has 3 amide bonds. The lowest BCUT2D eigenvalue weighted by Crippen LogP contribution is -2.50. The van der Waals surface area contributed by atoms with E-state index in [2.05, 4.69) is 10.3 Å². The number of nitrogens with zero attached hydrogens (tertiary/aromatic N) is 3. The summed E-state index contributed by atoms with van der Waals surface area (Å²) >= 11 is 0. The van der Waals surface area contributed by atoms with Crippen LogP contribution in [0.3, 0.4) is 0 Å². The molecule has 0 spiro atoms. The van der Waals surface area contributed by atoms with Crippen molar-refractivity contribution in [3.8, 4) is 0 Å². The summed E-state index contributed by atoms with van der Waals surface area (Å²) in [6.07, 6.45) is 0.775. The number of hydrogen-bond donors (Lipinski definition) is 2. The highest BCUT2D eigenvalue weighted by Gasteiger charge is 2.40. The summed E-state index contributed by atoms with van der Waals surface area (Å²) < 4.78 is 0. The first-order valence-electron chi connectivity index (χ1n) is 6.89. The van der Waals surface area contributed by atoms with Crippen molar-refractivity contribution in [2.24, 2.45) is 0 Å². The first-order valence-corrected chi connectivity index (χ1v) is 6.89. The van der Waals surface area contributed by atoms with Gasteiger partial charge in [-0.1, -0.05) is 12.1 Å². The Balaban J connectivity index is 2.16. The van der Waals surface area contributed by atoms with Gasteiger partial charge in [-0.15, -0.1) is 0 Å². The van der Waals surface area contributed by atoms with Gasteiger partial charge in [-0.2, -0.15) is 0 Å². The minimum atomic E-state index is -1.05. The molecule has 0 unspecified atom stereocenters. The molecule has 8 heteroatoms. The van der Waals surface area contributed by atoms with Crippen LogP contribution in [0.1, 0.15) is 34.6 Å².